The summed E-state index contributed by atoms with van der Waals surface area (Å²) in [6, 6.07) is 17.7. The van der Waals surface area contributed by atoms with Crippen molar-refractivity contribution in [3.8, 4) is 0 Å². The third kappa shape index (κ3) is 2.05. The molecule has 3 aliphatic heterocycles. The van der Waals surface area contributed by atoms with E-state index >= 15 is 0 Å². The van der Waals surface area contributed by atoms with E-state index in [2.05, 4.69) is 11.0 Å². The number of hydrogen-bond donors (Lipinski definition) is 0. The van der Waals surface area contributed by atoms with Gasteiger partial charge in [-0.2, -0.15) is 0 Å². The fourth-order valence-corrected chi connectivity index (χ4v) is 5.48. The van der Waals surface area contributed by atoms with Gasteiger partial charge in [-0.3, -0.25) is 19.1 Å². The molecule has 2 atom stereocenters. The average Bonchev–Trinajstić information content (AvgIpc) is 3.09. The van der Waals surface area contributed by atoms with Crippen LogP contribution in [0.5, 0.6) is 0 Å². The summed E-state index contributed by atoms with van der Waals surface area (Å²) >= 11 is 0. The molecule has 1 fully saturated rings. The van der Waals surface area contributed by atoms with Crippen molar-refractivity contribution in [2.75, 3.05) is 19.6 Å². The molecule has 5 nitrogen and oxygen atoms in total. The van der Waals surface area contributed by atoms with Gasteiger partial charge in [0, 0.05) is 42.7 Å². The number of para-hydroxylation sites is 1. The summed E-state index contributed by atoms with van der Waals surface area (Å²) in [5.74, 6) is 0.142. The summed E-state index contributed by atoms with van der Waals surface area (Å²) in [5.41, 5.74) is 4.14. The van der Waals surface area contributed by atoms with Gasteiger partial charge < -0.3 is 4.90 Å². The van der Waals surface area contributed by atoms with Gasteiger partial charge in [0.1, 0.15) is 0 Å². The van der Waals surface area contributed by atoms with Crippen LogP contribution in [0.2, 0.25) is 0 Å². The normalized spacial score (nSPS) is 23.7. The van der Waals surface area contributed by atoms with Gasteiger partial charge in [0.15, 0.2) is 0 Å². The first-order valence-electron chi connectivity index (χ1n) is 9.99. The van der Waals surface area contributed by atoms with Gasteiger partial charge >= 0.3 is 0 Å². The highest BCUT2D eigenvalue weighted by Crippen LogP contribution is 2.45. The largest absolute Gasteiger partial charge is 0.332 e. The van der Waals surface area contributed by atoms with Crippen LogP contribution in [0, 0.1) is 0 Å². The molecule has 0 N–H and O–H groups in total. The number of hydrogen-bond acceptors (Lipinski definition) is 3. The first-order chi connectivity index (χ1) is 13.7. The quantitative estimate of drug-likeness (QED) is 0.660. The third-order valence-corrected chi connectivity index (χ3v) is 6.65. The molecule has 0 saturated carbocycles. The lowest BCUT2D eigenvalue weighted by Gasteiger charge is -2.51. The molecular formula is C23H21N3O2. The van der Waals surface area contributed by atoms with Gasteiger partial charge in [0.25, 0.3) is 5.91 Å². The van der Waals surface area contributed by atoms with Crippen LogP contribution in [0.1, 0.15) is 38.9 Å². The van der Waals surface area contributed by atoms with E-state index in [1.807, 2.05) is 58.0 Å². The van der Waals surface area contributed by atoms with E-state index in [-0.39, 0.29) is 23.9 Å². The van der Waals surface area contributed by atoms with Crippen LogP contribution in [0.4, 0.5) is 0 Å². The van der Waals surface area contributed by atoms with Gasteiger partial charge in [-0.15, -0.1) is 0 Å². The van der Waals surface area contributed by atoms with Crippen LogP contribution in [0.15, 0.2) is 54.6 Å². The van der Waals surface area contributed by atoms with Crippen LogP contribution in [0.25, 0.3) is 10.9 Å². The van der Waals surface area contributed by atoms with Gasteiger partial charge in [0.2, 0.25) is 5.91 Å². The average molecular weight is 371 g/mol. The Balaban J connectivity index is 1.51. The molecule has 140 valence electrons. The van der Waals surface area contributed by atoms with Crippen LogP contribution < -0.4 is 0 Å². The highest BCUT2D eigenvalue weighted by Gasteiger charge is 2.49. The van der Waals surface area contributed by atoms with E-state index in [1.54, 1.807) is 0 Å². The molecule has 0 bridgehead atoms. The lowest BCUT2D eigenvalue weighted by Crippen LogP contribution is -2.61. The third-order valence-electron chi connectivity index (χ3n) is 6.65. The number of carbonyl (C=O) groups excluding carboxylic acids is 2. The molecule has 4 heterocycles. The Bertz CT molecular complexity index is 1120. The molecule has 28 heavy (non-hydrogen) atoms. The second-order valence-corrected chi connectivity index (χ2v) is 7.98. The summed E-state index contributed by atoms with van der Waals surface area (Å²) < 4.78 is 1.94. The number of amides is 1. The molecule has 5 heteroatoms. The number of carbonyl (C=O) groups is 2. The van der Waals surface area contributed by atoms with Crippen LogP contribution in [-0.4, -0.2) is 51.9 Å². The Labute approximate surface area is 163 Å². The standard InChI is InChI=1S/C23H21N3O2/c27-20-14-19-22-21-17(16-8-4-5-9-18(16)26(20)21)10-11-24(22)12-13-25(19)23(28)15-6-2-1-3-7-15/h1-9,19,22H,10-14H2/t19-,22-/m1/s1. The molecule has 0 radical (unpaired) electrons. The summed E-state index contributed by atoms with van der Waals surface area (Å²) in [6.45, 7) is 2.52. The molecule has 2 aromatic carbocycles. The Morgan fingerprint density at radius 2 is 1.71 bits per heavy atom. The molecule has 1 amide bonds. The number of benzene rings is 2. The van der Waals surface area contributed by atoms with E-state index in [9.17, 15) is 9.59 Å². The van der Waals surface area contributed by atoms with Crippen molar-refractivity contribution in [1.29, 1.82) is 0 Å². The van der Waals surface area contributed by atoms with E-state index in [0.717, 1.165) is 30.7 Å². The SMILES string of the molecule is O=C(c1ccccc1)N1CCN2CCc3c4n(c5ccccc35)C(=O)C[C@@H]1[C@H]42. The van der Waals surface area contributed by atoms with Crippen molar-refractivity contribution in [1.82, 2.24) is 14.4 Å². The molecular weight excluding hydrogens is 350 g/mol. The zero-order chi connectivity index (χ0) is 18.8. The fraction of sp³-hybridized carbons (Fsp3) is 0.304. The maximum Gasteiger partial charge on any atom is 0.254 e. The van der Waals surface area contributed by atoms with E-state index in [4.69, 9.17) is 0 Å². The predicted octanol–water partition coefficient (Wildman–Crippen LogP) is 3.11. The summed E-state index contributed by atoms with van der Waals surface area (Å²) in [5, 5.41) is 1.19. The minimum absolute atomic E-state index is 0.0368. The monoisotopic (exact) mass is 371 g/mol. The Morgan fingerprint density at radius 1 is 0.929 bits per heavy atom. The van der Waals surface area contributed by atoms with Gasteiger partial charge in [0.05, 0.1) is 17.6 Å². The number of aromatic nitrogens is 1. The molecule has 0 spiro atoms. The van der Waals surface area contributed by atoms with Crippen molar-refractivity contribution < 1.29 is 9.59 Å². The molecule has 0 aliphatic carbocycles. The molecule has 1 saturated heterocycles. The zero-order valence-electron chi connectivity index (χ0n) is 15.5. The molecule has 0 unspecified atom stereocenters. The molecule has 3 aliphatic rings. The second-order valence-electron chi connectivity index (χ2n) is 7.98. The van der Waals surface area contributed by atoms with Crippen LogP contribution >= 0.6 is 0 Å². The maximum atomic E-state index is 13.2. The Morgan fingerprint density at radius 3 is 2.57 bits per heavy atom. The predicted molar refractivity (Wildman–Crippen MR) is 106 cm³/mol. The van der Waals surface area contributed by atoms with Crippen molar-refractivity contribution in [3.63, 3.8) is 0 Å². The van der Waals surface area contributed by atoms with Crippen molar-refractivity contribution in [3.05, 3.63) is 71.4 Å². The van der Waals surface area contributed by atoms with Crippen molar-refractivity contribution in [2.24, 2.45) is 0 Å². The molecule has 3 aromatic rings. The minimum atomic E-state index is -0.0928. The lowest BCUT2D eigenvalue weighted by molar-refractivity contribution is 0.00186. The van der Waals surface area contributed by atoms with E-state index < -0.39 is 0 Å². The number of piperazine rings is 1. The van der Waals surface area contributed by atoms with Gasteiger partial charge in [-0.25, -0.2) is 0 Å². The Hall–Kier alpha value is -2.92. The summed E-state index contributed by atoms with van der Waals surface area (Å²) in [6.07, 6.45) is 1.34. The Kier molecular flexibility index (Phi) is 3.32. The lowest BCUT2D eigenvalue weighted by atomic mass is 9.85. The number of rotatable bonds is 1. The van der Waals surface area contributed by atoms with Crippen LogP contribution in [-0.2, 0) is 6.42 Å². The highest BCUT2D eigenvalue weighted by atomic mass is 16.2. The molecule has 1 aromatic heterocycles. The zero-order valence-corrected chi connectivity index (χ0v) is 15.5. The first kappa shape index (κ1) is 16.1. The summed E-state index contributed by atoms with van der Waals surface area (Å²) in [4.78, 5) is 30.9. The minimum Gasteiger partial charge on any atom is -0.332 e. The van der Waals surface area contributed by atoms with E-state index in [1.165, 1.54) is 10.9 Å². The van der Waals surface area contributed by atoms with E-state index in [0.29, 0.717) is 18.5 Å². The van der Waals surface area contributed by atoms with Crippen LogP contribution in [0.3, 0.4) is 0 Å². The highest BCUT2D eigenvalue weighted by molar-refractivity contribution is 5.99. The van der Waals surface area contributed by atoms with Gasteiger partial charge in [-0.1, -0.05) is 36.4 Å². The molecule has 6 rings (SSSR count). The van der Waals surface area contributed by atoms with Gasteiger partial charge in [-0.05, 0) is 30.2 Å². The van der Waals surface area contributed by atoms with Crippen molar-refractivity contribution >= 4 is 22.7 Å². The fourth-order valence-electron chi connectivity index (χ4n) is 5.48. The smallest absolute Gasteiger partial charge is 0.254 e. The number of nitrogens with zero attached hydrogens (tertiary/aromatic N) is 3. The summed E-state index contributed by atoms with van der Waals surface area (Å²) in [7, 11) is 0. The van der Waals surface area contributed by atoms with Crippen molar-refractivity contribution in [2.45, 2.75) is 24.9 Å². The number of fused-ring (bicyclic) bond motifs is 3. The second kappa shape index (κ2) is 5.79. The first-order valence-corrected chi connectivity index (χ1v) is 9.99. The maximum absolute atomic E-state index is 13.2. The topological polar surface area (TPSA) is 45.6 Å².